The van der Waals surface area contributed by atoms with Gasteiger partial charge in [0.2, 0.25) is 0 Å². The topological polar surface area (TPSA) is 32.8 Å². The van der Waals surface area contributed by atoms with E-state index in [1.54, 1.807) is 0 Å². The van der Waals surface area contributed by atoms with Gasteiger partial charge in [0.25, 0.3) is 0 Å². The zero-order chi connectivity index (χ0) is 86.2. The van der Waals surface area contributed by atoms with Crippen molar-refractivity contribution < 1.29 is 8.83 Å². The van der Waals surface area contributed by atoms with Crippen molar-refractivity contribution in [3.8, 4) is 89.0 Å². The largest absolute Gasteiger partial charge is 0.456 e. The molecule has 4 nitrogen and oxygen atoms in total. The maximum atomic E-state index is 7.04. The van der Waals surface area contributed by atoms with Crippen LogP contribution < -0.4 is 9.80 Å². The number of fused-ring (bicyclic) bond motifs is 38. The lowest BCUT2D eigenvalue weighted by Crippen LogP contribution is -2.28. The molecule has 0 aliphatic heterocycles. The fraction of sp³-hybridized carbons (Fsp3) is 0.0156. The van der Waals surface area contributed by atoms with E-state index < -0.39 is 10.8 Å². The van der Waals surface area contributed by atoms with Crippen LogP contribution in [0.25, 0.3) is 198 Å². The molecule has 25 aromatic rings. The molecule has 132 heavy (non-hydrogen) atoms. The van der Waals surface area contributed by atoms with Crippen molar-refractivity contribution in [3.05, 3.63) is 506 Å². The van der Waals surface area contributed by atoms with E-state index in [1.165, 1.54) is 154 Å². The monoisotopic (exact) mass is 1670 g/mol. The summed E-state index contributed by atoms with van der Waals surface area (Å²) < 4.78 is 13.5. The van der Waals surface area contributed by atoms with Crippen LogP contribution in [0.3, 0.4) is 0 Å². The molecule has 4 aliphatic carbocycles. The molecule has 2 spiro atoms. The van der Waals surface area contributed by atoms with Crippen molar-refractivity contribution in [2.24, 2.45) is 0 Å². The Bertz CT molecular complexity index is 9200. The van der Waals surface area contributed by atoms with E-state index in [2.05, 4.69) is 459 Å². The first-order valence-corrected chi connectivity index (χ1v) is 45.8. The molecule has 4 aliphatic rings. The number of para-hydroxylation sites is 2. The number of anilines is 6. The van der Waals surface area contributed by atoms with E-state index in [-0.39, 0.29) is 0 Å². The summed E-state index contributed by atoms with van der Waals surface area (Å²) in [6.07, 6.45) is 0. The summed E-state index contributed by atoms with van der Waals surface area (Å²) in [5.74, 6) is 0. The van der Waals surface area contributed by atoms with E-state index in [0.29, 0.717) is 0 Å². The Morgan fingerprint density at radius 2 is 0.455 bits per heavy atom. The van der Waals surface area contributed by atoms with E-state index in [9.17, 15) is 0 Å². The van der Waals surface area contributed by atoms with Gasteiger partial charge in [-0.1, -0.05) is 352 Å². The minimum atomic E-state index is -0.775. The first-order valence-electron chi connectivity index (χ1n) is 45.8. The van der Waals surface area contributed by atoms with Gasteiger partial charge in [-0.25, -0.2) is 0 Å². The molecular weight excluding hydrogens is 1600 g/mol. The van der Waals surface area contributed by atoms with Crippen LogP contribution in [-0.4, -0.2) is 0 Å². The van der Waals surface area contributed by atoms with E-state index in [1.807, 2.05) is 12.1 Å². The van der Waals surface area contributed by atoms with E-state index in [4.69, 9.17) is 8.83 Å². The van der Waals surface area contributed by atoms with Crippen LogP contribution in [0, 0.1) is 0 Å². The van der Waals surface area contributed by atoms with Crippen LogP contribution >= 0.6 is 0 Å². The predicted octanol–water partition coefficient (Wildman–Crippen LogP) is 34.7. The lowest BCUT2D eigenvalue weighted by molar-refractivity contribution is 0.668. The Balaban J connectivity index is 0.599. The molecule has 23 aromatic carbocycles. The van der Waals surface area contributed by atoms with E-state index >= 15 is 0 Å². The summed E-state index contributed by atoms with van der Waals surface area (Å²) in [6, 6.07) is 174. The van der Waals surface area contributed by atoms with Gasteiger partial charge in [-0.3, -0.25) is 0 Å². The van der Waals surface area contributed by atoms with Gasteiger partial charge >= 0.3 is 0 Å². The summed E-state index contributed by atoms with van der Waals surface area (Å²) >= 11 is 0. The molecule has 0 bridgehead atoms. The highest BCUT2D eigenvalue weighted by atomic mass is 16.3. The smallest absolute Gasteiger partial charge is 0.136 e. The molecule has 610 valence electrons. The van der Waals surface area contributed by atoms with Crippen LogP contribution in [-0.2, 0) is 10.8 Å². The molecular formula is C128H76N2O2. The van der Waals surface area contributed by atoms with Crippen molar-refractivity contribution in [3.63, 3.8) is 0 Å². The van der Waals surface area contributed by atoms with Gasteiger partial charge in [0.05, 0.1) is 27.9 Å². The zero-order valence-electron chi connectivity index (χ0n) is 71.6. The van der Waals surface area contributed by atoms with Crippen LogP contribution in [0.1, 0.15) is 44.5 Å². The standard InChI is InChI=1S/C128H76N2O2/c1-3-33-92-88(29-1)90-31-5-7-35-94(90)108-75-85(62-66-96(92)108)129(84-60-54-77(55-61-84)78-26-23-27-79(70-78)82-57-65-105-104-42-15-22-53-121(104)132-124(105)74-82)119-51-24-43-106-102-41-13-20-49-116(102)128(125(106)119)114-47-18-11-39-100(114)103-64-56-81(73-117(103)128)80-58-68-122-110(71-80)111-72-83(59-69-123(111)131-122)87-28-14-21-50-118(87)130(86-63-67-97-93-34-4-2-30-89(93)91-32-6-8-36-95(91)109(97)76-86)120-52-25-44-107-101-40-12-19-48-115(101)127(126(107)120)112-45-16-9-37-98(112)99-38-10-17-46-113(99)127/h1-76H. The molecule has 29 rings (SSSR count). The molecule has 2 aromatic heterocycles. The average molecular weight is 1670 g/mol. The highest BCUT2D eigenvalue weighted by molar-refractivity contribution is 6.28. The second-order valence-corrected chi connectivity index (χ2v) is 36.2. The van der Waals surface area contributed by atoms with Gasteiger partial charge in [-0.2, -0.15) is 0 Å². The normalized spacial score (nSPS) is 14.0. The van der Waals surface area contributed by atoms with Crippen molar-refractivity contribution in [1.82, 2.24) is 0 Å². The van der Waals surface area contributed by atoms with E-state index in [0.717, 1.165) is 123 Å². The van der Waals surface area contributed by atoms with Gasteiger partial charge < -0.3 is 18.6 Å². The second kappa shape index (κ2) is 27.7. The second-order valence-electron chi connectivity index (χ2n) is 36.2. The quantitative estimate of drug-likeness (QED) is 0.128. The number of nitrogens with zero attached hydrogens (tertiary/aromatic N) is 2. The minimum absolute atomic E-state index is 0.638. The first kappa shape index (κ1) is 72.9. The molecule has 0 fully saturated rings. The maximum Gasteiger partial charge on any atom is 0.136 e. The predicted molar refractivity (Wildman–Crippen MR) is 550 cm³/mol. The third-order valence-electron chi connectivity index (χ3n) is 29.8. The summed E-state index contributed by atoms with van der Waals surface area (Å²) in [5, 5.41) is 19.1. The number of hydrogen-bond acceptors (Lipinski definition) is 4. The molecule has 0 amide bonds. The van der Waals surface area contributed by atoms with Crippen LogP contribution in [0.2, 0.25) is 0 Å². The SMILES string of the molecule is c1cc(-c2ccc(N(c3ccc4c5ccccc5c5ccccc5c4c3)c3cccc4c3C3(c5ccccc5-c5ccc(-c6ccc7oc8ccc(-c9ccccc9N(c9ccc%10c%11ccccc%11c%11ccccc%11c%10c9)c9cccc%10c9C9(c%11ccccc%11-c%11ccccc%119)c9ccccc9-%10)cc8c7c6)cc53)c3ccccc3-4)cc2)cc(-c2ccc3c(c2)oc2ccccc23)c1. The maximum absolute atomic E-state index is 7.04. The summed E-state index contributed by atoms with van der Waals surface area (Å²) in [5.41, 5.74) is 37.5. The average Bonchev–Trinajstić information content (AvgIpc) is 1.50. The van der Waals surface area contributed by atoms with Crippen molar-refractivity contribution >= 4 is 143 Å². The van der Waals surface area contributed by atoms with Gasteiger partial charge in [0.1, 0.15) is 22.3 Å². The fourth-order valence-corrected chi connectivity index (χ4v) is 24.4. The Morgan fingerprint density at radius 3 is 0.992 bits per heavy atom. The van der Waals surface area contributed by atoms with Crippen LogP contribution in [0.5, 0.6) is 0 Å². The van der Waals surface area contributed by atoms with Gasteiger partial charge in [-0.15, -0.1) is 0 Å². The van der Waals surface area contributed by atoms with Gasteiger partial charge in [-0.05, 0) is 291 Å². The van der Waals surface area contributed by atoms with Crippen LogP contribution in [0.15, 0.2) is 470 Å². The number of hydrogen-bond donors (Lipinski definition) is 0. The Morgan fingerprint density at radius 1 is 0.144 bits per heavy atom. The van der Waals surface area contributed by atoms with Crippen molar-refractivity contribution in [2.75, 3.05) is 9.80 Å². The van der Waals surface area contributed by atoms with Gasteiger partial charge in [0.15, 0.2) is 0 Å². The van der Waals surface area contributed by atoms with Crippen LogP contribution in [0.4, 0.5) is 34.1 Å². The van der Waals surface area contributed by atoms with Crippen molar-refractivity contribution in [2.45, 2.75) is 10.8 Å². The highest BCUT2D eigenvalue weighted by Crippen LogP contribution is 2.69. The number of rotatable bonds is 10. The molecule has 2 heterocycles. The van der Waals surface area contributed by atoms with Crippen molar-refractivity contribution in [1.29, 1.82) is 0 Å². The number of benzene rings is 23. The third kappa shape index (κ3) is 10.1. The summed E-state index contributed by atoms with van der Waals surface area (Å²) in [6.45, 7) is 0. The molecule has 0 saturated carbocycles. The lowest BCUT2D eigenvalue weighted by atomic mass is 9.69. The minimum Gasteiger partial charge on any atom is -0.456 e. The molecule has 0 N–H and O–H groups in total. The molecule has 0 radical (unpaired) electrons. The number of furan rings is 2. The summed E-state index contributed by atoms with van der Waals surface area (Å²) in [7, 11) is 0. The molecule has 1 unspecified atom stereocenters. The third-order valence-corrected chi connectivity index (χ3v) is 29.8. The summed E-state index contributed by atoms with van der Waals surface area (Å²) in [4.78, 5) is 5.16. The molecule has 0 saturated heterocycles. The Labute approximate surface area is 761 Å². The highest BCUT2D eigenvalue weighted by Gasteiger charge is 2.56. The fourth-order valence-electron chi connectivity index (χ4n) is 24.4. The Hall–Kier alpha value is -17.2. The molecule has 1 atom stereocenters. The van der Waals surface area contributed by atoms with Gasteiger partial charge in [0, 0.05) is 55.3 Å². The lowest BCUT2D eigenvalue weighted by Gasteiger charge is -2.36. The Kier molecular flexibility index (Phi) is 15.3. The first-order chi connectivity index (χ1) is 65.5. The zero-order valence-corrected chi connectivity index (χ0v) is 71.6. The molecule has 4 heteroatoms.